The van der Waals surface area contributed by atoms with E-state index in [-0.39, 0.29) is 5.91 Å². The number of hydroxylamine groups is 1. The van der Waals surface area contributed by atoms with Crippen molar-refractivity contribution in [3.05, 3.63) is 0 Å². The minimum absolute atomic E-state index is 0.279. The van der Waals surface area contributed by atoms with Crippen LogP contribution in [0.3, 0.4) is 0 Å². The standard InChI is InChI=1S/C16H31NO3/c18-15-13-11-9-7-5-3-1-2-4-6-8-10-12-14-16(19)17-20/h15,20H,1-14H2,(H,17,19). The van der Waals surface area contributed by atoms with Crippen molar-refractivity contribution in [1.82, 2.24) is 5.48 Å². The normalized spacial score (nSPS) is 10.4. The van der Waals surface area contributed by atoms with E-state index in [4.69, 9.17) is 5.21 Å². The Balaban J connectivity index is 2.99. The highest BCUT2D eigenvalue weighted by atomic mass is 16.5. The Bertz CT molecular complexity index is 232. The minimum Gasteiger partial charge on any atom is -0.303 e. The maximum Gasteiger partial charge on any atom is 0.243 e. The fourth-order valence-electron chi connectivity index (χ4n) is 2.34. The third-order valence-corrected chi connectivity index (χ3v) is 3.60. The van der Waals surface area contributed by atoms with E-state index < -0.39 is 0 Å². The summed E-state index contributed by atoms with van der Waals surface area (Å²) in [5, 5.41) is 8.32. The highest BCUT2D eigenvalue weighted by Crippen LogP contribution is 2.12. The van der Waals surface area contributed by atoms with Crippen molar-refractivity contribution < 1.29 is 14.8 Å². The van der Waals surface area contributed by atoms with E-state index in [2.05, 4.69) is 0 Å². The summed E-state index contributed by atoms with van der Waals surface area (Å²) in [6.45, 7) is 0. The van der Waals surface area contributed by atoms with Crippen LogP contribution in [0.15, 0.2) is 0 Å². The quantitative estimate of drug-likeness (QED) is 0.205. The summed E-state index contributed by atoms with van der Waals surface area (Å²) in [5.41, 5.74) is 1.66. The van der Waals surface area contributed by atoms with Crippen LogP contribution in [-0.4, -0.2) is 17.4 Å². The molecule has 0 spiro atoms. The molecule has 4 nitrogen and oxygen atoms in total. The van der Waals surface area contributed by atoms with Gasteiger partial charge in [0.05, 0.1) is 0 Å². The molecule has 4 heteroatoms. The van der Waals surface area contributed by atoms with Gasteiger partial charge in [-0.2, -0.15) is 0 Å². The Morgan fingerprint density at radius 1 is 0.750 bits per heavy atom. The van der Waals surface area contributed by atoms with Crippen LogP contribution in [0.4, 0.5) is 0 Å². The van der Waals surface area contributed by atoms with Crippen LogP contribution in [0.1, 0.15) is 89.9 Å². The Hall–Kier alpha value is -0.900. The van der Waals surface area contributed by atoms with Gasteiger partial charge in [-0.25, -0.2) is 5.48 Å². The second-order valence-corrected chi connectivity index (χ2v) is 5.48. The zero-order chi connectivity index (χ0) is 14.9. The summed E-state index contributed by atoms with van der Waals surface area (Å²) in [4.78, 5) is 20.9. The van der Waals surface area contributed by atoms with Gasteiger partial charge in [0.2, 0.25) is 5.91 Å². The molecule has 0 aliphatic rings. The first-order valence-corrected chi connectivity index (χ1v) is 8.18. The van der Waals surface area contributed by atoms with Crippen LogP contribution < -0.4 is 5.48 Å². The summed E-state index contributed by atoms with van der Waals surface area (Å²) in [5.74, 6) is -0.279. The predicted molar refractivity (Wildman–Crippen MR) is 80.6 cm³/mol. The lowest BCUT2D eigenvalue weighted by Gasteiger charge is -2.02. The molecular weight excluding hydrogens is 254 g/mol. The zero-order valence-electron chi connectivity index (χ0n) is 12.7. The maximum absolute atomic E-state index is 10.8. The molecule has 0 aliphatic heterocycles. The Kier molecular flexibility index (Phi) is 15.4. The van der Waals surface area contributed by atoms with Crippen molar-refractivity contribution in [1.29, 1.82) is 0 Å². The number of amides is 1. The van der Waals surface area contributed by atoms with E-state index in [1.807, 2.05) is 0 Å². The SMILES string of the molecule is O=CCCCCCCCCCCCCCCC(=O)NO. The van der Waals surface area contributed by atoms with Gasteiger partial charge in [-0.05, 0) is 12.8 Å². The van der Waals surface area contributed by atoms with Gasteiger partial charge >= 0.3 is 0 Å². The van der Waals surface area contributed by atoms with E-state index in [0.717, 1.165) is 32.0 Å². The van der Waals surface area contributed by atoms with Crippen molar-refractivity contribution in [2.45, 2.75) is 89.9 Å². The molecule has 20 heavy (non-hydrogen) atoms. The lowest BCUT2D eigenvalue weighted by molar-refractivity contribution is -0.129. The van der Waals surface area contributed by atoms with E-state index >= 15 is 0 Å². The molecule has 0 bridgehead atoms. The zero-order valence-corrected chi connectivity index (χ0v) is 12.7. The number of hydrogen-bond donors (Lipinski definition) is 2. The van der Waals surface area contributed by atoms with Gasteiger partial charge in [-0.3, -0.25) is 10.0 Å². The Morgan fingerprint density at radius 3 is 1.55 bits per heavy atom. The average Bonchev–Trinajstić information content (AvgIpc) is 2.47. The van der Waals surface area contributed by atoms with Gasteiger partial charge in [-0.15, -0.1) is 0 Å². The maximum atomic E-state index is 10.8. The molecule has 2 N–H and O–H groups in total. The average molecular weight is 285 g/mol. The van der Waals surface area contributed by atoms with Crippen molar-refractivity contribution >= 4 is 12.2 Å². The second-order valence-electron chi connectivity index (χ2n) is 5.48. The minimum atomic E-state index is -0.279. The molecule has 0 fully saturated rings. The van der Waals surface area contributed by atoms with Crippen LogP contribution in [0.2, 0.25) is 0 Å². The molecule has 0 radical (unpaired) electrons. The molecule has 0 heterocycles. The summed E-state index contributed by atoms with van der Waals surface area (Å²) in [6, 6.07) is 0. The smallest absolute Gasteiger partial charge is 0.243 e. The summed E-state index contributed by atoms with van der Waals surface area (Å²) in [7, 11) is 0. The molecule has 0 atom stereocenters. The predicted octanol–water partition coefficient (Wildman–Crippen LogP) is 4.15. The van der Waals surface area contributed by atoms with Crippen molar-refractivity contribution in [3.8, 4) is 0 Å². The first-order valence-electron chi connectivity index (χ1n) is 8.18. The van der Waals surface area contributed by atoms with E-state index in [1.54, 1.807) is 5.48 Å². The molecule has 0 saturated heterocycles. The number of unbranched alkanes of at least 4 members (excludes halogenated alkanes) is 12. The first-order chi connectivity index (χ1) is 9.81. The summed E-state index contributed by atoms with van der Waals surface area (Å²) < 4.78 is 0. The highest BCUT2D eigenvalue weighted by Gasteiger charge is 1.98. The first kappa shape index (κ1) is 19.1. The van der Waals surface area contributed by atoms with Crippen LogP contribution >= 0.6 is 0 Å². The molecule has 118 valence electrons. The van der Waals surface area contributed by atoms with Crippen molar-refractivity contribution in [3.63, 3.8) is 0 Å². The van der Waals surface area contributed by atoms with Gasteiger partial charge in [0.1, 0.15) is 6.29 Å². The molecule has 0 aliphatic carbocycles. The van der Waals surface area contributed by atoms with Gasteiger partial charge in [0.25, 0.3) is 0 Å². The summed E-state index contributed by atoms with van der Waals surface area (Å²) in [6.07, 6.45) is 16.6. The lowest BCUT2D eigenvalue weighted by atomic mass is 10.0. The second kappa shape index (κ2) is 16.2. The topological polar surface area (TPSA) is 66.4 Å². The monoisotopic (exact) mass is 285 g/mol. The number of nitrogens with one attached hydrogen (secondary N) is 1. The van der Waals surface area contributed by atoms with Crippen LogP contribution in [0.25, 0.3) is 0 Å². The highest BCUT2D eigenvalue weighted by molar-refractivity contribution is 5.74. The van der Waals surface area contributed by atoms with Crippen molar-refractivity contribution in [2.24, 2.45) is 0 Å². The molecule has 0 rings (SSSR count). The third-order valence-electron chi connectivity index (χ3n) is 3.60. The van der Waals surface area contributed by atoms with Crippen LogP contribution in [0.5, 0.6) is 0 Å². The molecule has 0 aromatic heterocycles. The molecular formula is C16H31NO3. The molecule has 0 aromatic carbocycles. The van der Waals surface area contributed by atoms with E-state index in [1.165, 1.54) is 57.8 Å². The molecule has 0 saturated carbocycles. The molecule has 0 unspecified atom stereocenters. The largest absolute Gasteiger partial charge is 0.303 e. The Labute approximate surface area is 123 Å². The van der Waals surface area contributed by atoms with Crippen molar-refractivity contribution in [2.75, 3.05) is 0 Å². The fourth-order valence-corrected chi connectivity index (χ4v) is 2.34. The number of aldehydes is 1. The van der Waals surface area contributed by atoms with Gasteiger partial charge in [-0.1, -0.05) is 64.2 Å². The third kappa shape index (κ3) is 15.2. The molecule has 1 amide bonds. The van der Waals surface area contributed by atoms with Gasteiger partial charge in [0.15, 0.2) is 0 Å². The van der Waals surface area contributed by atoms with E-state index in [0.29, 0.717) is 6.42 Å². The number of carbonyl (C=O) groups excluding carboxylic acids is 2. The van der Waals surface area contributed by atoms with Crippen LogP contribution in [0, 0.1) is 0 Å². The van der Waals surface area contributed by atoms with Gasteiger partial charge < -0.3 is 4.79 Å². The number of hydrogen-bond acceptors (Lipinski definition) is 3. The lowest BCUT2D eigenvalue weighted by Crippen LogP contribution is -2.17. The number of rotatable bonds is 15. The fraction of sp³-hybridized carbons (Fsp3) is 0.875. The molecule has 0 aromatic rings. The summed E-state index contributed by atoms with van der Waals surface area (Å²) >= 11 is 0. The van der Waals surface area contributed by atoms with Crippen LogP contribution in [-0.2, 0) is 9.59 Å². The Morgan fingerprint density at radius 2 is 1.15 bits per heavy atom. The van der Waals surface area contributed by atoms with Gasteiger partial charge in [0, 0.05) is 12.8 Å². The van der Waals surface area contributed by atoms with E-state index in [9.17, 15) is 9.59 Å². The number of carbonyl (C=O) groups is 2.